The molecule has 0 amide bonds. The summed E-state index contributed by atoms with van der Waals surface area (Å²) in [5.74, 6) is 0.806. The fourth-order valence-electron chi connectivity index (χ4n) is 1.73. The summed E-state index contributed by atoms with van der Waals surface area (Å²) >= 11 is 0. The second-order valence-corrected chi connectivity index (χ2v) is 4.19. The molecule has 0 bridgehead atoms. The van der Waals surface area contributed by atoms with Crippen molar-refractivity contribution in [1.82, 2.24) is 0 Å². The number of nitrogens with two attached hydrogens (primary N) is 1. The predicted octanol–water partition coefficient (Wildman–Crippen LogP) is 1.77. The van der Waals surface area contributed by atoms with Crippen LogP contribution in [-0.2, 0) is 0 Å². The lowest BCUT2D eigenvalue weighted by atomic mass is 9.62. The zero-order valence-corrected chi connectivity index (χ0v) is 6.65. The quantitative estimate of drug-likeness (QED) is 0.570. The molecule has 1 fully saturated rings. The van der Waals surface area contributed by atoms with Crippen LogP contribution in [0.4, 0.5) is 0 Å². The molecule has 1 saturated carbocycles. The minimum absolute atomic E-state index is 0.415. The lowest BCUT2D eigenvalue weighted by Gasteiger charge is -2.44. The normalized spacial score (nSPS) is 29.3. The molecule has 9 heavy (non-hydrogen) atoms. The van der Waals surface area contributed by atoms with Gasteiger partial charge in [-0.05, 0) is 31.1 Å². The van der Waals surface area contributed by atoms with Gasteiger partial charge in [-0.2, -0.15) is 0 Å². The van der Waals surface area contributed by atoms with Gasteiger partial charge in [0.05, 0.1) is 0 Å². The highest BCUT2D eigenvalue weighted by Gasteiger charge is 2.37. The van der Waals surface area contributed by atoms with Gasteiger partial charge in [-0.1, -0.05) is 13.8 Å². The SMILES string of the molecule is C[C@@H](N)C1CC(C)(C)C1. The predicted molar refractivity (Wildman–Crippen MR) is 40.2 cm³/mol. The fraction of sp³-hybridized carbons (Fsp3) is 1.00. The average molecular weight is 127 g/mol. The van der Waals surface area contributed by atoms with Gasteiger partial charge in [0.15, 0.2) is 0 Å². The average Bonchev–Trinajstić information content (AvgIpc) is 1.59. The standard InChI is InChI=1S/C8H17N/c1-6(9)7-4-8(2,3)5-7/h6-7H,4-5,9H2,1-3H3/t6-/m1/s1. The van der Waals surface area contributed by atoms with Gasteiger partial charge in [0.25, 0.3) is 0 Å². The highest BCUT2D eigenvalue weighted by molar-refractivity contribution is 4.90. The highest BCUT2D eigenvalue weighted by Crippen LogP contribution is 2.45. The van der Waals surface area contributed by atoms with E-state index in [4.69, 9.17) is 5.73 Å². The maximum atomic E-state index is 5.72. The van der Waals surface area contributed by atoms with Gasteiger partial charge >= 0.3 is 0 Å². The number of rotatable bonds is 1. The first kappa shape index (κ1) is 7.07. The molecule has 1 rings (SSSR count). The van der Waals surface area contributed by atoms with Crippen LogP contribution >= 0.6 is 0 Å². The molecule has 1 heteroatoms. The van der Waals surface area contributed by atoms with Crippen molar-refractivity contribution < 1.29 is 0 Å². The molecule has 0 radical (unpaired) electrons. The van der Waals surface area contributed by atoms with E-state index in [1.54, 1.807) is 0 Å². The molecule has 1 nitrogen and oxygen atoms in total. The second-order valence-electron chi connectivity index (χ2n) is 4.19. The van der Waals surface area contributed by atoms with Crippen LogP contribution in [0.15, 0.2) is 0 Å². The van der Waals surface area contributed by atoms with Crippen molar-refractivity contribution in [3.8, 4) is 0 Å². The smallest absolute Gasteiger partial charge is 0.00391 e. The maximum Gasteiger partial charge on any atom is 0.00391 e. The minimum atomic E-state index is 0.415. The summed E-state index contributed by atoms with van der Waals surface area (Å²) in [5.41, 5.74) is 6.31. The second kappa shape index (κ2) is 1.98. The van der Waals surface area contributed by atoms with Gasteiger partial charge < -0.3 is 5.73 Å². The van der Waals surface area contributed by atoms with Crippen LogP contribution in [0, 0.1) is 11.3 Å². The number of hydrogen-bond acceptors (Lipinski definition) is 1. The van der Waals surface area contributed by atoms with Crippen LogP contribution < -0.4 is 5.73 Å². The Morgan fingerprint density at radius 1 is 1.44 bits per heavy atom. The van der Waals surface area contributed by atoms with Crippen LogP contribution in [0.1, 0.15) is 33.6 Å². The monoisotopic (exact) mass is 127 g/mol. The Bertz CT molecular complexity index is 97.1. The van der Waals surface area contributed by atoms with E-state index < -0.39 is 0 Å². The number of hydrogen-bond donors (Lipinski definition) is 1. The lowest BCUT2D eigenvalue weighted by molar-refractivity contribution is 0.0806. The Morgan fingerprint density at radius 2 is 1.89 bits per heavy atom. The van der Waals surface area contributed by atoms with Crippen LogP contribution in [0.3, 0.4) is 0 Å². The third-order valence-electron chi connectivity index (χ3n) is 2.37. The maximum absolute atomic E-state index is 5.72. The molecule has 1 aliphatic rings. The molecule has 1 atom stereocenters. The van der Waals surface area contributed by atoms with Crippen LogP contribution in [0.2, 0.25) is 0 Å². The molecule has 0 aromatic rings. The van der Waals surface area contributed by atoms with Crippen LogP contribution in [-0.4, -0.2) is 6.04 Å². The van der Waals surface area contributed by atoms with Gasteiger partial charge in [0.2, 0.25) is 0 Å². The summed E-state index contributed by atoms with van der Waals surface area (Å²) in [6.07, 6.45) is 2.65. The summed E-state index contributed by atoms with van der Waals surface area (Å²) in [6.45, 7) is 6.73. The summed E-state index contributed by atoms with van der Waals surface area (Å²) in [5, 5.41) is 0. The molecule has 0 aliphatic heterocycles. The Hall–Kier alpha value is -0.0400. The zero-order chi connectivity index (χ0) is 7.07. The third-order valence-corrected chi connectivity index (χ3v) is 2.37. The first-order valence-corrected chi connectivity index (χ1v) is 3.77. The molecular formula is C8H17N. The lowest BCUT2D eigenvalue weighted by Crippen LogP contribution is -2.41. The van der Waals surface area contributed by atoms with Crippen molar-refractivity contribution in [2.24, 2.45) is 17.1 Å². The van der Waals surface area contributed by atoms with Crippen molar-refractivity contribution in [2.45, 2.75) is 39.7 Å². The molecule has 0 heterocycles. The summed E-state index contributed by atoms with van der Waals surface area (Å²) in [6, 6.07) is 0.415. The highest BCUT2D eigenvalue weighted by atomic mass is 14.7. The zero-order valence-electron chi connectivity index (χ0n) is 6.65. The molecule has 0 spiro atoms. The Balaban J connectivity index is 2.27. The Kier molecular flexibility index (Phi) is 1.55. The molecule has 2 N–H and O–H groups in total. The van der Waals surface area contributed by atoms with Gasteiger partial charge in [-0.25, -0.2) is 0 Å². The molecule has 0 aromatic carbocycles. The van der Waals surface area contributed by atoms with Crippen molar-refractivity contribution >= 4 is 0 Å². The first-order chi connectivity index (χ1) is 4.01. The van der Waals surface area contributed by atoms with Crippen LogP contribution in [0.5, 0.6) is 0 Å². The van der Waals surface area contributed by atoms with E-state index in [1.165, 1.54) is 12.8 Å². The molecular weight excluding hydrogens is 110 g/mol. The van der Waals surface area contributed by atoms with Gasteiger partial charge in [-0.3, -0.25) is 0 Å². The van der Waals surface area contributed by atoms with E-state index in [2.05, 4.69) is 20.8 Å². The van der Waals surface area contributed by atoms with E-state index in [0.717, 1.165) is 5.92 Å². The van der Waals surface area contributed by atoms with Gasteiger partial charge in [-0.15, -0.1) is 0 Å². The van der Waals surface area contributed by atoms with E-state index in [9.17, 15) is 0 Å². The van der Waals surface area contributed by atoms with Gasteiger partial charge in [0, 0.05) is 6.04 Å². The first-order valence-electron chi connectivity index (χ1n) is 3.77. The van der Waals surface area contributed by atoms with E-state index >= 15 is 0 Å². The largest absolute Gasteiger partial charge is 0.328 e. The summed E-state index contributed by atoms with van der Waals surface area (Å²) in [4.78, 5) is 0. The van der Waals surface area contributed by atoms with Gasteiger partial charge in [0.1, 0.15) is 0 Å². The van der Waals surface area contributed by atoms with Crippen molar-refractivity contribution in [3.05, 3.63) is 0 Å². The van der Waals surface area contributed by atoms with Crippen LogP contribution in [0.25, 0.3) is 0 Å². The van der Waals surface area contributed by atoms with E-state index in [-0.39, 0.29) is 0 Å². The summed E-state index contributed by atoms with van der Waals surface area (Å²) < 4.78 is 0. The van der Waals surface area contributed by atoms with Crippen molar-refractivity contribution in [2.75, 3.05) is 0 Å². The third kappa shape index (κ3) is 1.45. The Morgan fingerprint density at radius 3 is 2.00 bits per heavy atom. The summed E-state index contributed by atoms with van der Waals surface area (Å²) in [7, 11) is 0. The van der Waals surface area contributed by atoms with E-state index in [0.29, 0.717) is 11.5 Å². The molecule has 1 aliphatic carbocycles. The minimum Gasteiger partial charge on any atom is -0.328 e. The van der Waals surface area contributed by atoms with E-state index in [1.807, 2.05) is 0 Å². The van der Waals surface area contributed by atoms with Crippen molar-refractivity contribution in [1.29, 1.82) is 0 Å². The fourth-order valence-corrected chi connectivity index (χ4v) is 1.73. The molecule has 54 valence electrons. The van der Waals surface area contributed by atoms with Crippen molar-refractivity contribution in [3.63, 3.8) is 0 Å². The molecule has 0 unspecified atom stereocenters. The topological polar surface area (TPSA) is 26.0 Å². The molecule has 0 aromatic heterocycles. The molecule has 0 saturated heterocycles. The Labute approximate surface area is 57.6 Å².